The number of esters is 1. The predicted octanol–water partition coefficient (Wildman–Crippen LogP) is 4.86. The lowest BCUT2D eigenvalue weighted by Gasteiger charge is -2.24. The van der Waals surface area contributed by atoms with E-state index in [0.717, 1.165) is 51.6 Å². The van der Waals surface area contributed by atoms with Gasteiger partial charge in [-0.3, -0.25) is 9.10 Å². The van der Waals surface area contributed by atoms with E-state index in [1.165, 1.54) is 30.6 Å². The van der Waals surface area contributed by atoms with E-state index in [0.29, 0.717) is 16.3 Å². The summed E-state index contributed by atoms with van der Waals surface area (Å²) in [6.07, 6.45) is 3.59. The second-order valence-corrected chi connectivity index (χ2v) is 11.6. The maximum atomic E-state index is 13.6. The Morgan fingerprint density at radius 2 is 1.74 bits per heavy atom. The van der Waals surface area contributed by atoms with Crippen LogP contribution in [0.3, 0.4) is 0 Å². The molecule has 1 N–H and O–H groups in total. The third-order valence-corrected chi connectivity index (χ3v) is 8.99. The Morgan fingerprint density at radius 1 is 1.03 bits per heavy atom. The van der Waals surface area contributed by atoms with Crippen molar-refractivity contribution in [2.75, 3.05) is 23.3 Å². The fraction of sp³-hybridized carbons (Fsp3) is 0.308. The van der Waals surface area contributed by atoms with Crippen LogP contribution in [-0.4, -0.2) is 33.9 Å². The van der Waals surface area contributed by atoms with Crippen molar-refractivity contribution in [2.24, 2.45) is 0 Å². The summed E-state index contributed by atoms with van der Waals surface area (Å²) >= 11 is 1.36. The van der Waals surface area contributed by atoms with Crippen LogP contribution in [0.4, 0.5) is 10.7 Å². The molecule has 0 spiro atoms. The maximum Gasteiger partial charge on any atom is 0.341 e. The summed E-state index contributed by atoms with van der Waals surface area (Å²) in [6.45, 7) is 3.30. The minimum atomic E-state index is -4.02. The molecule has 3 aromatic rings. The van der Waals surface area contributed by atoms with E-state index >= 15 is 0 Å². The number of rotatable bonds is 7. The van der Waals surface area contributed by atoms with Gasteiger partial charge in [0, 0.05) is 4.88 Å². The topological polar surface area (TPSA) is 92.8 Å². The summed E-state index contributed by atoms with van der Waals surface area (Å²) in [5.74, 6) is -1.03. The molecule has 7 nitrogen and oxygen atoms in total. The second-order valence-electron chi connectivity index (χ2n) is 8.62. The quantitative estimate of drug-likeness (QED) is 0.456. The van der Waals surface area contributed by atoms with Gasteiger partial charge in [0.15, 0.2) is 0 Å². The van der Waals surface area contributed by atoms with Crippen molar-refractivity contribution in [3.8, 4) is 0 Å². The minimum absolute atomic E-state index is 0.0965. The molecule has 1 heterocycles. The Balaban J connectivity index is 1.68. The monoisotopic (exact) mass is 512 g/mol. The first-order valence-electron chi connectivity index (χ1n) is 11.4. The molecule has 0 fully saturated rings. The number of fused-ring (bicyclic) bond motifs is 1. The van der Waals surface area contributed by atoms with Crippen LogP contribution in [0.5, 0.6) is 0 Å². The summed E-state index contributed by atoms with van der Waals surface area (Å²) in [5.41, 5.74) is 3.49. The summed E-state index contributed by atoms with van der Waals surface area (Å²) in [7, 11) is -2.71. The van der Waals surface area contributed by atoms with Gasteiger partial charge >= 0.3 is 5.97 Å². The van der Waals surface area contributed by atoms with Crippen LogP contribution in [-0.2, 0) is 32.4 Å². The average molecular weight is 513 g/mol. The standard InChI is InChI=1S/C26H28N2O5S2/c1-17-11-13-20(14-12-17)35(31,32)28(19-8-6-7-18(2)15-19)16-23(29)27-25-24(26(30)33-3)21-9-4-5-10-22(21)34-25/h6-8,11-15H,4-5,9-10,16H2,1-3H3,(H,27,29). The third kappa shape index (κ3) is 5.26. The van der Waals surface area contributed by atoms with Crippen LogP contribution in [0.2, 0.25) is 0 Å². The highest BCUT2D eigenvalue weighted by molar-refractivity contribution is 7.92. The van der Waals surface area contributed by atoms with Crippen molar-refractivity contribution in [3.05, 3.63) is 75.7 Å². The van der Waals surface area contributed by atoms with Crippen molar-refractivity contribution < 1.29 is 22.7 Å². The summed E-state index contributed by atoms with van der Waals surface area (Å²) < 4.78 is 33.3. The van der Waals surface area contributed by atoms with Crippen molar-refractivity contribution >= 4 is 43.9 Å². The fourth-order valence-electron chi connectivity index (χ4n) is 4.20. The molecule has 184 valence electrons. The number of carbonyl (C=O) groups is 2. The number of thiophene rings is 1. The third-order valence-electron chi connectivity index (χ3n) is 6.00. The van der Waals surface area contributed by atoms with Crippen molar-refractivity contribution in [2.45, 2.75) is 44.4 Å². The second kappa shape index (κ2) is 10.2. The Hall–Kier alpha value is -3.17. The summed E-state index contributed by atoms with van der Waals surface area (Å²) in [5, 5.41) is 3.21. The number of hydrogen-bond acceptors (Lipinski definition) is 6. The number of methoxy groups -OCH3 is 1. The molecule has 9 heteroatoms. The van der Waals surface area contributed by atoms with Crippen LogP contribution >= 0.6 is 11.3 Å². The molecule has 0 aliphatic heterocycles. The predicted molar refractivity (Wildman–Crippen MR) is 138 cm³/mol. The largest absolute Gasteiger partial charge is 0.465 e. The first kappa shape index (κ1) is 24.9. The lowest BCUT2D eigenvalue weighted by Crippen LogP contribution is -2.38. The zero-order chi connectivity index (χ0) is 25.2. The number of carbonyl (C=O) groups excluding carboxylic acids is 2. The van der Waals surface area contributed by atoms with Crippen LogP contribution < -0.4 is 9.62 Å². The molecule has 1 amide bonds. The van der Waals surface area contributed by atoms with Gasteiger partial charge < -0.3 is 10.1 Å². The first-order chi connectivity index (χ1) is 16.7. The molecule has 0 saturated carbocycles. The van der Waals surface area contributed by atoms with E-state index < -0.39 is 28.4 Å². The Kier molecular flexibility index (Phi) is 7.28. The maximum absolute atomic E-state index is 13.6. The molecule has 0 radical (unpaired) electrons. The molecular weight excluding hydrogens is 484 g/mol. The van der Waals surface area contributed by atoms with Crippen molar-refractivity contribution in [1.29, 1.82) is 0 Å². The normalized spacial score (nSPS) is 13.1. The number of anilines is 2. The molecule has 0 unspecified atom stereocenters. The Labute approximate surface area is 209 Å². The highest BCUT2D eigenvalue weighted by atomic mass is 32.2. The zero-order valence-electron chi connectivity index (χ0n) is 20.0. The molecule has 1 aliphatic rings. The van der Waals surface area contributed by atoms with E-state index in [9.17, 15) is 18.0 Å². The average Bonchev–Trinajstić information content (AvgIpc) is 3.20. The highest BCUT2D eigenvalue weighted by Gasteiger charge is 2.30. The molecule has 2 aromatic carbocycles. The van der Waals surface area contributed by atoms with Gasteiger partial charge in [-0.05, 0) is 74.9 Å². The number of aryl methyl sites for hydroxylation is 3. The van der Waals surface area contributed by atoms with E-state index in [1.54, 1.807) is 30.3 Å². The van der Waals surface area contributed by atoms with Gasteiger partial charge in [0.1, 0.15) is 11.5 Å². The Bertz CT molecular complexity index is 1360. The lowest BCUT2D eigenvalue weighted by atomic mass is 9.95. The number of ether oxygens (including phenoxy) is 1. The number of amides is 1. The van der Waals surface area contributed by atoms with Crippen LogP contribution in [0.1, 0.15) is 44.8 Å². The van der Waals surface area contributed by atoms with Crippen LogP contribution in [0.25, 0.3) is 0 Å². The first-order valence-corrected chi connectivity index (χ1v) is 13.6. The molecule has 35 heavy (non-hydrogen) atoms. The molecule has 1 aliphatic carbocycles. The van der Waals surface area contributed by atoms with Gasteiger partial charge in [-0.1, -0.05) is 29.8 Å². The van der Waals surface area contributed by atoms with Gasteiger partial charge in [-0.15, -0.1) is 11.3 Å². The summed E-state index contributed by atoms with van der Waals surface area (Å²) in [6, 6.07) is 13.5. The van der Waals surface area contributed by atoms with Crippen LogP contribution in [0, 0.1) is 13.8 Å². The fourth-order valence-corrected chi connectivity index (χ4v) is 6.91. The molecule has 1 aromatic heterocycles. The van der Waals surface area contributed by atoms with Gasteiger partial charge in [0.05, 0.1) is 23.3 Å². The SMILES string of the molecule is COC(=O)c1c(NC(=O)CN(c2cccc(C)c2)S(=O)(=O)c2ccc(C)cc2)sc2c1CCCC2. The van der Waals surface area contributed by atoms with Crippen molar-refractivity contribution in [3.63, 3.8) is 0 Å². The number of hydrogen-bond donors (Lipinski definition) is 1. The number of nitrogens with zero attached hydrogens (tertiary/aromatic N) is 1. The smallest absolute Gasteiger partial charge is 0.341 e. The molecule has 0 atom stereocenters. The van der Waals surface area contributed by atoms with Gasteiger partial charge in [0.25, 0.3) is 10.0 Å². The van der Waals surface area contributed by atoms with Gasteiger partial charge in [-0.25, -0.2) is 13.2 Å². The molecule has 0 saturated heterocycles. The molecule has 4 rings (SSSR count). The van der Waals surface area contributed by atoms with Gasteiger partial charge in [0.2, 0.25) is 5.91 Å². The summed E-state index contributed by atoms with van der Waals surface area (Å²) in [4.78, 5) is 26.9. The minimum Gasteiger partial charge on any atom is -0.465 e. The van der Waals surface area contributed by atoms with Crippen molar-refractivity contribution in [1.82, 2.24) is 0 Å². The number of sulfonamides is 1. The Morgan fingerprint density at radius 3 is 2.43 bits per heavy atom. The van der Waals surface area contributed by atoms with E-state index in [-0.39, 0.29) is 4.90 Å². The zero-order valence-corrected chi connectivity index (χ0v) is 21.6. The number of benzene rings is 2. The number of nitrogens with one attached hydrogen (secondary N) is 1. The van der Waals surface area contributed by atoms with Gasteiger partial charge in [-0.2, -0.15) is 0 Å². The lowest BCUT2D eigenvalue weighted by molar-refractivity contribution is -0.114. The highest BCUT2D eigenvalue weighted by Crippen LogP contribution is 2.38. The van der Waals surface area contributed by atoms with E-state index in [1.807, 2.05) is 19.9 Å². The van der Waals surface area contributed by atoms with Crippen LogP contribution in [0.15, 0.2) is 53.4 Å². The molecule has 0 bridgehead atoms. The van der Waals surface area contributed by atoms with E-state index in [2.05, 4.69) is 5.32 Å². The van der Waals surface area contributed by atoms with E-state index in [4.69, 9.17) is 4.74 Å². The molecular formula is C26H28N2O5S2.